The van der Waals surface area contributed by atoms with E-state index < -0.39 is 18.0 Å². The monoisotopic (exact) mass is 371 g/mol. The number of aryl methyl sites for hydroxylation is 1. The van der Waals surface area contributed by atoms with Crippen LogP contribution in [0.4, 0.5) is 14.5 Å². The van der Waals surface area contributed by atoms with Gasteiger partial charge in [0.25, 0.3) is 18.1 Å². The van der Waals surface area contributed by atoms with Crippen molar-refractivity contribution in [2.24, 2.45) is 0 Å². The molecule has 0 aliphatic heterocycles. The average Bonchev–Trinajstić information content (AvgIpc) is 2.92. The van der Waals surface area contributed by atoms with Crippen molar-refractivity contribution in [1.82, 2.24) is 19.6 Å². The highest BCUT2D eigenvalue weighted by Gasteiger charge is 2.20. The van der Waals surface area contributed by atoms with Gasteiger partial charge in [0.1, 0.15) is 5.69 Å². The number of anilines is 1. The zero-order valence-corrected chi connectivity index (χ0v) is 13.6. The Balaban J connectivity index is 1.97. The zero-order valence-electron chi connectivity index (χ0n) is 12.1. The lowest BCUT2D eigenvalue weighted by atomic mass is 10.3. The Morgan fingerprint density at radius 1 is 1.25 bits per heavy atom. The first-order chi connectivity index (χ1) is 11.3. The second-order valence-electron chi connectivity index (χ2n) is 4.85. The lowest BCUT2D eigenvalue weighted by Crippen LogP contribution is -2.14. The fourth-order valence-electron chi connectivity index (χ4n) is 2.04. The van der Waals surface area contributed by atoms with E-state index in [-0.39, 0.29) is 16.6 Å². The van der Waals surface area contributed by atoms with Crippen LogP contribution >= 0.6 is 23.2 Å². The van der Waals surface area contributed by atoms with Crippen molar-refractivity contribution in [2.45, 2.75) is 13.3 Å². The molecule has 10 heteroatoms. The molecule has 0 unspecified atom stereocenters. The second kappa shape index (κ2) is 6.29. The summed E-state index contributed by atoms with van der Waals surface area (Å²) >= 11 is 11.8. The number of aromatic nitrogens is 4. The molecular formula is C14H9Cl2F2N5O. The summed E-state index contributed by atoms with van der Waals surface area (Å²) in [6, 6.07) is 5.69. The molecule has 0 saturated heterocycles. The van der Waals surface area contributed by atoms with Crippen LogP contribution in [0.5, 0.6) is 0 Å². The van der Waals surface area contributed by atoms with Crippen LogP contribution in [0.2, 0.25) is 10.0 Å². The topological polar surface area (TPSA) is 72.2 Å². The summed E-state index contributed by atoms with van der Waals surface area (Å²) in [5.74, 6) is -1.10. The maximum Gasteiger partial charge on any atom is 0.295 e. The van der Waals surface area contributed by atoms with Crippen LogP contribution in [0.25, 0.3) is 5.78 Å². The molecule has 0 bridgehead atoms. The van der Waals surface area contributed by atoms with Gasteiger partial charge < -0.3 is 5.32 Å². The molecule has 3 aromatic rings. The quantitative estimate of drug-likeness (QED) is 0.756. The Morgan fingerprint density at radius 3 is 2.67 bits per heavy atom. The molecule has 0 atom stereocenters. The van der Waals surface area contributed by atoms with E-state index in [0.29, 0.717) is 16.4 Å². The molecule has 6 nitrogen and oxygen atoms in total. The summed E-state index contributed by atoms with van der Waals surface area (Å²) in [6.45, 7) is 1.55. The summed E-state index contributed by atoms with van der Waals surface area (Å²) in [4.78, 5) is 20.1. The van der Waals surface area contributed by atoms with Crippen molar-refractivity contribution in [1.29, 1.82) is 0 Å². The van der Waals surface area contributed by atoms with E-state index in [2.05, 4.69) is 20.4 Å². The number of hydrogen-bond donors (Lipinski definition) is 1. The average molecular weight is 372 g/mol. The minimum absolute atomic E-state index is 0.0855. The Labute approximate surface area is 144 Å². The molecule has 0 fully saturated rings. The summed E-state index contributed by atoms with van der Waals surface area (Å²) in [5.41, 5.74) is 0.245. The number of rotatable bonds is 3. The largest absolute Gasteiger partial charge is 0.318 e. The van der Waals surface area contributed by atoms with Crippen molar-refractivity contribution in [3.8, 4) is 0 Å². The van der Waals surface area contributed by atoms with Gasteiger partial charge in [-0.25, -0.2) is 13.8 Å². The maximum absolute atomic E-state index is 13.1. The van der Waals surface area contributed by atoms with Crippen LogP contribution in [0, 0.1) is 6.92 Å². The smallest absolute Gasteiger partial charge is 0.295 e. The van der Waals surface area contributed by atoms with Gasteiger partial charge >= 0.3 is 0 Å². The van der Waals surface area contributed by atoms with E-state index >= 15 is 0 Å². The van der Waals surface area contributed by atoms with E-state index in [9.17, 15) is 13.6 Å². The molecule has 0 aliphatic carbocycles. The van der Waals surface area contributed by atoms with Gasteiger partial charge in [-0.2, -0.15) is 9.50 Å². The highest BCUT2D eigenvalue weighted by Crippen LogP contribution is 2.26. The number of halogens is 4. The number of carbonyl (C=O) groups excluding carboxylic acids is 1. The molecule has 1 N–H and O–H groups in total. The number of nitrogens with zero attached hydrogens (tertiary/aromatic N) is 4. The minimum atomic E-state index is -2.78. The third kappa shape index (κ3) is 3.15. The van der Waals surface area contributed by atoms with Crippen LogP contribution in [0.1, 0.15) is 28.4 Å². The highest BCUT2D eigenvalue weighted by molar-refractivity contribution is 6.36. The fourth-order valence-corrected chi connectivity index (χ4v) is 2.49. The zero-order chi connectivity index (χ0) is 17.4. The fraction of sp³-hybridized carbons (Fsp3) is 0.143. The van der Waals surface area contributed by atoms with Crippen molar-refractivity contribution < 1.29 is 13.6 Å². The van der Waals surface area contributed by atoms with Gasteiger partial charge in [-0.05, 0) is 31.2 Å². The number of benzene rings is 1. The van der Waals surface area contributed by atoms with Gasteiger partial charge in [0, 0.05) is 10.7 Å². The van der Waals surface area contributed by atoms with Crippen molar-refractivity contribution >= 4 is 40.6 Å². The summed E-state index contributed by atoms with van der Waals surface area (Å²) in [6.07, 6.45) is -2.78. The Morgan fingerprint density at radius 2 is 2.00 bits per heavy atom. The van der Waals surface area contributed by atoms with E-state index in [0.717, 1.165) is 4.52 Å². The van der Waals surface area contributed by atoms with Crippen LogP contribution in [0.15, 0.2) is 24.3 Å². The predicted molar refractivity (Wildman–Crippen MR) is 84.9 cm³/mol. The molecule has 0 saturated carbocycles. The highest BCUT2D eigenvalue weighted by atomic mass is 35.5. The summed E-state index contributed by atoms with van der Waals surface area (Å²) in [5, 5.41) is 6.93. The Kier molecular flexibility index (Phi) is 4.33. The molecule has 0 radical (unpaired) electrons. The number of nitrogens with one attached hydrogen (secondary N) is 1. The molecule has 2 aromatic heterocycles. The first-order valence-electron chi connectivity index (χ1n) is 6.64. The molecule has 124 valence electrons. The standard InChI is InChI=1S/C14H9Cl2F2N5O/c1-6-4-10(11(17)18)23-14(19-6)21-12(22-23)13(24)20-9-3-2-7(15)5-8(9)16/h2-5,11H,1H3,(H,20,24). The van der Waals surface area contributed by atoms with Gasteiger partial charge in [-0.3, -0.25) is 4.79 Å². The molecule has 24 heavy (non-hydrogen) atoms. The van der Waals surface area contributed by atoms with Gasteiger partial charge in [-0.1, -0.05) is 23.2 Å². The Bertz CT molecular complexity index is 944. The van der Waals surface area contributed by atoms with Gasteiger partial charge in [-0.15, -0.1) is 5.10 Å². The van der Waals surface area contributed by atoms with E-state index in [1.807, 2.05) is 0 Å². The SMILES string of the molecule is Cc1cc(C(F)F)n2nc(C(=O)Nc3ccc(Cl)cc3Cl)nc2n1. The first kappa shape index (κ1) is 16.5. The summed E-state index contributed by atoms with van der Waals surface area (Å²) in [7, 11) is 0. The first-order valence-corrected chi connectivity index (χ1v) is 7.39. The molecular weight excluding hydrogens is 363 g/mol. The van der Waals surface area contributed by atoms with Crippen LogP contribution in [0.3, 0.4) is 0 Å². The van der Waals surface area contributed by atoms with Crippen molar-refractivity contribution in [2.75, 3.05) is 5.32 Å². The van der Waals surface area contributed by atoms with E-state index in [1.165, 1.54) is 18.2 Å². The molecule has 3 rings (SSSR count). The molecule has 2 heterocycles. The number of alkyl halides is 2. The molecule has 1 amide bonds. The second-order valence-corrected chi connectivity index (χ2v) is 5.69. The van der Waals surface area contributed by atoms with E-state index in [4.69, 9.17) is 23.2 Å². The van der Waals surface area contributed by atoms with Gasteiger partial charge in [0.2, 0.25) is 5.82 Å². The van der Waals surface area contributed by atoms with E-state index in [1.54, 1.807) is 13.0 Å². The molecule has 1 aromatic carbocycles. The lowest BCUT2D eigenvalue weighted by Gasteiger charge is -2.05. The summed E-state index contributed by atoms with van der Waals surface area (Å²) < 4.78 is 27.0. The molecule has 0 spiro atoms. The maximum atomic E-state index is 13.1. The van der Waals surface area contributed by atoms with Gasteiger partial charge in [0.15, 0.2) is 0 Å². The lowest BCUT2D eigenvalue weighted by molar-refractivity contribution is 0.101. The van der Waals surface area contributed by atoms with Crippen molar-refractivity contribution in [3.05, 3.63) is 51.5 Å². The third-order valence-electron chi connectivity index (χ3n) is 3.07. The Hall–Kier alpha value is -2.32. The number of hydrogen-bond acceptors (Lipinski definition) is 4. The van der Waals surface area contributed by atoms with Crippen LogP contribution in [-0.4, -0.2) is 25.5 Å². The number of fused-ring (bicyclic) bond motifs is 1. The number of amides is 1. The molecule has 0 aliphatic rings. The minimum Gasteiger partial charge on any atom is -0.318 e. The van der Waals surface area contributed by atoms with Crippen molar-refractivity contribution in [3.63, 3.8) is 0 Å². The predicted octanol–water partition coefficient (Wildman–Crippen LogP) is 3.93. The van der Waals surface area contributed by atoms with Crippen LogP contribution < -0.4 is 5.32 Å². The third-order valence-corrected chi connectivity index (χ3v) is 3.62. The number of carbonyl (C=O) groups is 1. The van der Waals surface area contributed by atoms with Crippen LogP contribution in [-0.2, 0) is 0 Å². The van der Waals surface area contributed by atoms with Gasteiger partial charge in [0.05, 0.1) is 10.7 Å². The normalized spacial score (nSPS) is 11.2.